The highest BCUT2D eigenvalue weighted by molar-refractivity contribution is 7.90. The molecule has 40 heavy (non-hydrogen) atoms. The number of pyridine rings is 1. The van der Waals surface area contributed by atoms with Crippen molar-refractivity contribution in [2.45, 2.75) is 45.4 Å². The van der Waals surface area contributed by atoms with Gasteiger partial charge in [-0.1, -0.05) is 32.4 Å². The third kappa shape index (κ3) is 7.60. The molecular formula is C29H35FN2O6S2. The van der Waals surface area contributed by atoms with Crippen LogP contribution >= 0.6 is 0 Å². The van der Waals surface area contributed by atoms with Crippen LogP contribution in [0.1, 0.15) is 66.7 Å². The van der Waals surface area contributed by atoms with Gasteiger partial charge in [0.05, 0.1) is 18.9 Å². The van der Waals surface area contributed by atoms with Crippen molar-refractivity contribution in [1.82, 2.24) is 9.29 Å². The number of methoxy groups -OCH3 is 1. The fourth-order valence-electron chi connectivity index (χ4n) is 4.24. The van der Waals surface area contributed by atoms with Gasteiger partial charge in [0.25, 0.3) is 5.56 Å². The number of sulfone groups is 1. The molecule has 0 amide bonds. The molecule has 0 aliphatic rings. The number of ether oxygens (including phenoxy) is 1. The molecule has 0 fully saturated rings. The van der Waals surface area contributed by atoms with Gasteiger partial charge in [-0.2, -0.15) is 0 Å². The van der Waals surface area contributed by atoms with Crippen LogP contribution in [0.25, 0.3) is 11.1 Å². The third-order valence-corrected chi connectivity index (χ3v) is 9.51. The van der Waals surface area contributed by atoms with E-state index in [0.29, 0.717) is 28.0 Å². The molecular weight excluding hydrogens is 555 g/mol. The Balaban J connectivity index is 2.24. The van der Waals surface area contributed by atoms with E-state index >= 15 is 0 Å². The Morgan fingerprint density at radius 3 is 2.52 bits per heavy atom. The van der Waals surface area contributed by atoms with Crippen LogP contribution in [0, 0.1) is 5.82 Å². The average molecular weight is 591 g/mol. The van der Waals surface area contributed by atoms with Gasteiger partial charge in [-0.3, -0.25) is 9.59 Å². The Morgan fingerprint density at radius 2 is 1.88 bits per heavy atom. The molecule has 2 aromatic carbocycles. The molecule has 11 heteroatoms. The van der Waals surface area contributed by atoms with Crippen molar-refractivity contribution in [2.75, 3.05) is 18.6 Å². The molecule has 1 N–H and O–H groups in total. The first kappa shape index (κ1) is 31.5. The second-order valence-corrected chi connectivity index (χ2v) is 13.3. The van der Waals surface area contributed by atoms with E-state index in [4.69, 9.17) is 4.74 Å². The summed E-state index contributed by atoms with van der Waals surface area (Å²) < 4.78 is 61.0. The number of rotatable bonds is 13. The molecule has 0 bridgehead atoms. The third-order valence-electron chi connectivity index (χ3n) is 6.58. The predicted octanol–water partition coefficient (Wildman–Crippen LogP) is 4.48. The Bertz CT molecular complexity index is 1540. The first-order valence-corrected chi connectivity index (χ1v) is 16.1. The average Bonchev–Trinajstić information content (AvgIpc) is 2.92. The highest BCUT2D eigenvalue weighted by atomic mass is 32.2. The molecule has 1 unspecified atom stereocenters. The standard InChI is InChI=1S/C29H35FN2O6S2/c1-6-8-13-39(35)31-19(3)23-16-28(33)32(4)17-25(23)24-14-20(18-40(36,37)7-2)9-11-22(24)29(34)21-10-12-26(30)27(15-21)38-5/h9-12,14-17,19,31H,6-8,13,18H2,1-5H3/t19-,39?/m0/s1. The van der Waals surface area contributed by atoms with Gasteiger partial charge in [0.1, 0.15) is 5.75 Å². The van der Waals surface area contributed by atoms with Gasteiger partial charge in [-0.15, -0.1) is 4.72 Å². The van der Waals surface area contributed by atoms with E-state index in [1.165, 1.54) is 29.9 Å². The summed E-state index contributed by atoms with van der Waals surface area (Å²) in [5.74, 6) is -0.977. The van der Waals surface area contributed by atoms with Gasteiger partial charge in [0.2, 0.25) is 0 Å². The lowest BCUT2D eigenvalue weighted by Crippen LogP contribution is -2.30. The summed E-state index contributed by atoms with van der Waals surface area (Å²) in [6.45, 7) is 5.34. The Labute approximate surface area is 237 Å². The maximum absolute atomic E-state index is 14.1. The molecule has 0 aliphatic carbocycles. The minimum atomic E-state index is -3.39. The van der Waals surface area contributed by atoms with Crippen molar-refractivity contribution in [3.8, 4) is 16.9 Å². The fourth-order valence-corrected chi connectivity index (χ4v) is 6.32. The minimum absolute atomic E-state index is 0.0476. The number of aryl methyl sites for hydroxylation is 1. The number of hydrogen-bond donors (Lipinski definition) is 1. The molecule has 0 aliphatic heterocycles. The van der Waals surface area contributed by atoms with Crippen molar-refractivity contribution in [3.63, 3.8) is 0 Å². The van der Waals surface area contributed by atoms with E-state index in [9.17, 15) is 27.0 Å². The maximum Gasteiger partial charge on any atom is 0.250 e. The Kier molecular flexibility index (Phi) is 10.7. The molecule has 3 aromatic rings. The zero-order valence-electron chi connectivity index (χ0n) is 23.3. The number of carbonyl (C=O) groups is 1. The Hall–Kier alpha value is -2.99. The van der Waals surface area contributed by atoms with E-state index in [2.05, 4.69) is 4.72 Å². The van der Waals surface area contributed by atoms with Crippen molar-refractivity contribution in [1.29, 1.82) is 0 Å². The summed E-state index contributed by atoms with van der Waals surface area (Å²) in [7, 11) is -0.511. The first-order valence-electron chi connectivity index (χ1n) is 13.0. The fraction of sp³-hybridized carbons (Fsp3) is 0.379. The van der Waals surface area contributed by atoms with Crippen molar-refractivity contribution >= 4 is 27.0 Å². The summed E-state index contributed by atoms with van der Waals surface area (Å²) in [5.41, 5.74) is 1.98. The SMILES string of the molecule is CCCC[S+]([O-])N[C@@H](C)c1cc(=O)n(C)cc1-c1cc(CS(=O)(=O)CC)ccc1C(=O)c1ccc(F)c(OC)c1. The number of ketones is 1. The number of hydrogen-bond acceptors (Lipinski definition) is 7. The lowest BCUT2D eigenvalue weighted by atomic mass is 9.89. The van der Waals surface area contributed by atoms with Crippen LogP contribution in [0.3, 0.4) is 0 Å². The van der Waals surface area contributed by atoms with E-state index in [0.717, 1.165) is 18.9 Å². The van der Waals surface area contributed by atoms with Gasteiger partial charge in [-0.25, -0.2) is 12.8 Å². The number of aromatic nitrogens is 1. The highest BCUT2D eigenvalue weighted by Gasteiger charge is 2.24. The van der Waals surface area contributed by atoms with E-state index in [1.807, 2.05) is 6.92 Å². The number of benzene rings is 2. The second-order valence-electron chi connectivity index (χ2n) is 9.57. The molecule has 8 nitrogen and oxygen atoms in total. The van der Waals surface area contributed by atoms with E-state index in [-0.39, 0.29) is 33.9 Å². The molecule has 1 aromatic heterocycles. The zero-order chi connectivity index (χ0) is 29.6. The van der Waals surface area contributed by atoms with Crippen molar-refractivity contribution < 1.29 is 26.9 Å². The maximum atomic E-state index is 14.1. The van der Waals surface area contributed by atoms with Crippen LogP contribution in [0.5, 0.6) is 5.75 Å². The van der Waals surface area contributed by atoms with Gasteiger partial charge >= 0.3 is 0 Å². The van der Waals surface area contributed by atoms with Gasteiger partial charge in [0.15, 0.2) is 27.2 Å². The normalized spacial score (nSPS) is 13.2. The van der Waals surface area contributed by atoms with E-state index in [1.54, 1.807) is 45.3 Å². The highest BCUT2D eigenvalue weighted by Crippen LogP contribution is 2.33. The first-order chi connectivity index (χ1) is 18.9. The minimum Gasteiger partial charge on any atom is -0.598 e. The van der Waals surface area contributed by atoms with Gasteiger partial charge < -0.3 is 13.9 Å². The van der Waals surface area contributed by atoms with Crippen molar-refractivity contribution in [3.05, 3.63) is 87.1 Å². The topological polar surface area (TPSA) is 118 Å². The summed E-state index contributed by atoms with van der Waals surface area (Å²) in [6, 6.07) is 9.44. The molecule has 1 heterocycles. The van der Waals surface area contributed by atoms with Gasteiger partial charge in [0, 0.05) is 53.1 Å². The Morgan fingerprint density at radius 1 is 1.15 bits per heavy atom. The zero-order valence-corrected chi connectivity index (χ0v) is 25.0. The van der Waals surface area contributed by atoms with Crippen LogP contribution in [0.15, 0.2) is 53.5 Å². The summed E-state index contributed by atoms with van der Waals surface area (Å²) >= 11 is -1.35. The number of unbranched alkanes of at least 4 members (excludes halogenated alkanes) is 1. The molecule has 216 valence electrons. The number of nitrogens with one attached hydrogen (secondary N) is 1. The van der Waals surface area contributed by atoms with Crippen LogP contribution < -0.4 is 15.0 Å². The molecule has 0 spiro atoms. The lowest BCUT2D eigenvalue weighted by Gasteiger charge is -2.22. The molecule has 2 atom stereocenters. The number of nitrogens with zero attached hydrogens (tertiary/aromatic N) is 1. The molecule has 3 rings (SSSR count). The van der Waals surface area contributed by atoms with Crippen LogP contribution in [0.4, 0.5) is 4.39 Å². The quantitative estimate of drug-likeness (QED) is 0.230. The van der Waals surface area contributed by atoms with Crippen molar-refractivity contribution in [2.24, 2.45) is 7.05 Å². The van der Waals surface area contributed by atoms with Gasteiger partial charge in [-0.05, 0) is 54.3 Å². The summed E-state index contributed by atoms with van der Waals surface area (Å²) in [4.78, 5) is 26.5. The predicted molar refractivity (Wildman–Crippen MR) is 156 cm³/mol. The monoisotopic (exact) mass is 590 g/mol. The van der Waals surface area contributed by atoms with Crippen LogP contribution in [-0.4, -0.2) is 41.9 Å². The second kappa shape index (κ2) is 13.6. The van der Waals surface area contributed by atoms with Crippen LogP contribution in [-0.2, 0) is 34.0 Å². The molecule has 0 radical (unpaired) electrons. The van der Waals surface area contributed by atoms with E-state index < -0.39 is 38.8 Å². The largest absolute Gasteiger partial charge is 0.598 e. The number of carbonyl (C=O) groups excluding carboxylic acids is 1. The molecule has 0 saturated heterocycles. The smallest absolute Gasteiger partial charge is 0.250 e. The summed E-state index contributed by atoms with van der Waals surface area (Å²) in [6.07, 6.45) is 3.23. The lowest BCUT2D eigenvalue weighted by molar-refractivity contribution is 0.103. The van der Waals surface area contributed by atoms with Crippen LogP contribution in [0.2, 0.25) is 0 Å². The number of halogens is 1. The molecule has 0 saturated carbocycles. The summed E-state index contributed by atoms with van der Waals surface area (Å²) in [5, 5.41) is 0.